The number of halogens is 2. The number of hydrogen-bond donors (Lipinski definition) is 0. The summed E-state index contributed by atoms with van der Waals surface area (Å²) in [4.78, 5) is 8.91. The van der Waals surface area contributed by atoms with E-state index in [2.05, 4.69) is 9.98 Å². The second-order valence-electron chi connectivity index (χ2n) is 6.54. The molecule has 3 aromatic rings. The Morgan fingerprint density at radius 1 is 0.800 bits per heavy atom. The van der Waals surface area contributed by atoms with E-state index < -0.39 is 11.6 Å². The smallest absolute Gasteiger partial charge is 0.135 e. The zero-order valence-corrected chi connectivity index (χ0v) is 18.4. The highest BCUT2D eigenvalue weighted by molar-refractivity contribution is 6.02. The van der Waals surface area contributed by atoms with E-state index in [0.717, 1.165) is 28.8 Å². The quantitative estimate of drug-likeness (QED) is 0.435. The second-order valence-corrected chi connectivity index (χ2v) is 6.54. The van der Waals surface area contributed by atoms with E-state index in [1.165, 1.54) is 18.2 Å². The van der Waals surface area contributed by atoms with Crippen molar-refractivity contribution in [1.82, 2.24) is 4.98 Å². The standard InChI is InChI=1S/C22H18F2N2.2C2H6/c1-14-5-6-17(13-25-14)15-7-9-16(10-8-15)20-11-12-21(26-20)22-18(23)3-2-4-19(22)24;2*1-2/h2-10,13,20H,11-12H2,1H3;2*1-2H3. The number of nitrogens with zero attached hydrogens (tertiary/aromatic N) is 2. The fraction of sp³-hybridized carbons (Fsp3) is 0.308. The summed E-state index contributed by atoms with van der Waals surface area (Å²) in [6.45, 7) is 9.96. The summed E-state index contributed by atoms with van der Waals surface area (Å²) in [7, 11) is 0. The molecule has 30 heavy (non-hydrogen) atoms. The molecule has 2 heterocycles. The number of benzene rings is 2. The van der Waals surface area contributed by atoms with Crippen molar-refractivity contribution in [1.29, 1.82) is 0 Å². The van der Waals surface area contributed by atoms with Gasteiger partial charge in [0.1, 0.15) is 11.6 Å². The first-order chi connectivity index (χ1) is 14.6. The Balaban J connectivity index is 0.000000757. The van der Waals surface area contributed by atoms with Crippen LogP contribution in [0.4, 0.5) is 8.78 Å². The maximum absolute atomic E-state index is 14.0. The molecule has 4 rings (SSSR count). The lowest BCUT2D eigenvalue weighted by molar-refractivity contribution is 0.578. The molecule has 4 heteroatoms. The fourth-order valence-electron chi connectivity index (χ4n) is 3.33. The Labute approximate surface area is 178 Å². The molecule has 0 fully saturated rings. The van der Waals surface area contributed by atoms with Gasteiger partial charge in [-0.3, -0.25) is 9.98 Å². The van der Waals surface area contributed by atoms with Gasteiger partial charge >= 0.3 is 0 Å². The molecule has 1 aromatic heterocycles. The molecule has 0 bridgehead atoms. The Bertz CT molecular complexity index is 941. The highest BCUT2D eigenvalue weighted by atomic mass is 19.1. The lowest BCUT2D eigenvalue weighted by Gasteiger charge is -2.08. The van der Waals surface area contributed by atoms with Crippen molar-refractivity contribution in [2.75, 3.05) is 0 Å². The van der Waals surface area contributed by atoms with Crippen molar-refractivity contribution in [3.63, 3.8) is 0 Å². The van der Waals surface area contributed by atoms with Gasteiger partial charge in [-0.1, -0.05) is 64.1 Å². The molecule has 0 saturated carbocycles. The summed E-state index contributed by atoms with van der Waals surface area (Å²) >= 11 is 0. The Kier molecular flexibility index (Phi) is 8.85. The molecule has 1 aliphatic rings. The summed E-state index contributed by atoms with van der Waals surface area (Å²) in [5.74, 6) is -1.10. The molecule has 158 valence electrons. The van der Waals surface area contributed by atoms with Crippen molar-refractivity contribution >= 4 is 5.71 Å². The fourth-order valence-corrected chi connectivity index (χ4v) is 3.33. The first-order valence-electron chi connectivity index (χ1n) is 10.7. The van der Waals surface area contributed by atoms with Crippen LogP contribution in [-0.2, 0) is 0 Å². The number of hydrogen-bond acceptors (Lipinski definition) is 2. The lowest BCUT2D eigenvalue weighted by atomic mass is 10.00. The molecule has 1 atom stereocenters. The van der Waals surface area contributed by atoms with Crippen LogP contribution in [0.3, 0.4) is 0 Å². The first-order valence-corrected chi connectivity index (χ1v) is 10.7. The third-order valence-corrected chi connectivity index (χ3v) is 4.76. The van der Waals surface area contributed by atoms with Crippen LogP contribution >= 0.6 is 0 Å². The Morgan fingerprint density at radius 2 is 1.40 bits per heavy atom. The van der Waals surface area contributed by atoms with Gasteiger partial charge in [-0.2, -0.15) is 0 Å². The van der Waals surface area contributed by atoms with E-state index in [-0.39, 0.29) is 11.6 Å². The average molecular weight is 409 g/mol. The van der Waals surface area contributed by atoms with Gasteiger partial charge in [0.2, 0.25) is 0 Å². The number of rotatable bonds is 3. The van der Waals surface area contributed by atoms with E-state index in [4.69, 9.17) is 0 Å². The second kappa shape index (κ2) is 11.3. The molecule has 2 nitrogen and oxygen atoms in total. The van der Waals surface area contributed by atoms with E-state index in [1.807, 2.05) is 77.2 Å². The summed E-state index contributed by atoms with van der Waals surface area (Å²) in [5.41, 5.74) is 4.71. The molecule has 0 saturated heterocycles. The molecule has 0 spiro atoms. The van der Waals surface area contributed by atoms with E-state index in [9.17, 15) is 8.78 Å². The zero-order valence-electron chi connectivity index (χ0n) is 18.4. The van der Waals surface area contributed by atoms with Crippen molar-refractivity contribution < 1.29 is 8.78 Å². The Hall–Kier alpha value is -2.88. The first kappa shape index (κ1) is 23.4. The van der Waals surface area contributed by atoms with Gasteiger partial charge in [-0.05, 0) is 49.1 Å². The minimum atomic E-state index is -0.549. The summed E-state index contributed by atoms with van der Waals surface area (Å²) < 4.78 is 27.9. The van der Waals surface area contributed by atoms with E-state index in [0.29, 0.717) is 12.1 Å². The van der Waals surface area contributed by atoms with Gasteiger partial charge in [0.25, 0.3) is 0 Å². The molecular formula is C26H30F2N2. The van der Waals surface area contributed by atoms with Gasteiger partial charge < -0.3 is 0 Å². The molecule has 0 radical (unpaired) electrons. The van der Waals surface area contributed by atoms with Crippen molar-refractivity contribution in [2.24, 2.45) is 4.99 Å². The monoisotopic (exact) mass is 408 g/mol. The zero-order chi connectivity index (χ0) is 22.1. The maximum atomic E-state index is 14.0. The summed E-state index contributed by atoms with van der Waals surface area (Å²) in [5, 5.41) is 0. The summed E-state index contributed by atoms with van der Waals surface area (Å²) in [6.07, 6.45) is 3.19. The number of aryl methyl sites for hydroxylation is 1. The molecular weight excluding hydrogens is 378 g/mol. The van der Waals surface area contributed by atoms with Gasteiger partial charge in [-0.15, -0.1) is 0 Å². The van der Waals surface area contributed by atoms with E-state index >= 15 is 0 Å². The van der Waals surface area contributed by atoms with Crippen molar-refractivity contribution in [3.05, 3.63) is 89.2 Å². The van der Waals surface area contributed by atoms with Crippen LogP contribution in [0.25, 0.3) is 11.1 Å². The van der Waals surface area contributed by atoms with Crippen LogP contribution in [0.2, 0.25) is 0 Å². The topological polar surface area (TPSA) is 25.2 Å². The SMILES string of the molecule is CC.CC.Cc1ccc(-c2ccc(C3CCC(c4c(F)cccc4F)=N3)cc2)cn1. The third-order valence-electron chi connectivity index (χ3n) is 4.76. The molecule has 2 aromatic carbocycles. The van der Waals surface area contributed by atoms with Crippen molar-refractivity contribution in [2.45, 2.75) is 53.5 Å². The number of pyridine rings is 1. The molecule has 0 N–H and O–H groups in total. The van der Waals surface area contributed by atoms with Crippen LogP contribution in [-0.4, -0.2) is 10.7 Å². The van der Waals surface area contributed by atoms with Gasteiger partial charge in [0, 0.05) is 23.2 Å². The van der Waals surface area contributed by atoms with Gasteiger partial charge in [-0.25, -0.2) is 8.78 Å². The molecule has 1 aliphatic heterocycles. The molecule has 0 amide bonds. The normalized spacial score (nSPS) is 14.8. The third kappa shape index (κ3) is 5.38. The minimum Gasteiger partial charge on any atom is -0.281 e. The van der Waals surface area contributed by atoms with Crippen LogP contribution in [0.5, 0.6) is 0 Å². The van der Waals surface area contributed by atoms with Crippen molar-refractivity contribution in [3.8, 4) is 11.1 Å². The Morgan fingerprint density at radius 3 is 1.97 bits per heavy atom. The van der Waals surface area contributed by atoms with Crippen LogP contribution in [0.15, 0.2) is 65.8 Å². The molecule has 0 aliphatic carbocycles. The van der Waals surface area contributed by atoms with Crippen LogP contribution in [0, 0.1) is 18.6 Å². The van der Waals surface area contributed by atoms with E-state index in [1.54, 1.807) is 0 Å². The largest absolute Gasteiger partial charge is 0.281 e. The van der Waals surface area contributed by atoms with Gasteiger partial charge in [0.15, 0.2) is 0 Å². The highest BCUT2D eigenvalue weighted by Crippen LogP contribution is 2.33. The highest BCUT2D eigenvalue weighted by Gasteiger charge is 2.24. The predicted molar refractivity (Wildman–Crippen MR) is 122 cm³/mol. The molecule has 1 unspecified atom stereocenters. The lowest BCUT2D eigenvalue weighted by Crippen LogP contribution is -2.03. The average Bonchev–Trinajstić information content (AvgIpc) is 3.27. The summed E-state index contributed by atoms with van der Waals surface area (Å²) in [6, 6.07) is 16.0. The number of aromatic nitrogens is 1. The minimum absolute atomic E-state index is 0.0114. The number of aliphatic imine (C=N–C) groups is 1. The van der Waals surface area contributed by atoms with Crippen LogP contribution in [0.1, 0.15) is 63.4 Å². The van der Waals surface area contributed by atoms with Crippen LogP contribution < -0.4 is 0 Å². The maximum Gasteiger partial charge on any atom is 0.135 e. The predicted octanol–water partition coefficient (Wildman–Crippen LogP) is 7.71. The van der Waals surface area contributed by atoms with Gasteiger partial charge in [0.05, 0.1) is 11.6 Å².